The number of aromatic hydroxyl groups is 1. The summed E-state index contributed by atoms with van der Waals surface area (Å²) in [5, 5.41) is 10.8. The van der Waals surface area contributed by atoms with Gasteiger partial charge in [0.1, 0.15) is 16.4 Å². The second-order valence-electron chi connectivity index (χ2n) is 8.88. The van der Waals surface area contributed by atoms with Crippen LogP contribution in [0.2, 0.25) is 0 Å². The van der Waals surface area contributed by atoms with Crippen LogP contribution in [0.25, 0.3) is 0 Å². The van der Waals surface area contributed by atoms with Crippen LogP contribution in [0.4, 0.5) is 0 Å². The van der Waals surface area contributed by atoms with E-state index in [9.17, 15) is 9.90 Å². The van der Waals surface area contributed by atoms with Crippen LogP contribution in [-0.2, 0) is 11.8 Å². The quantitative estimate of drug-likeness (QED) is 0.432. The summed E-state index contributed by atoms with van der Waals surface area (Å²) in [6.07, 6.45) is 6.08. The Hall–Kier alpha value is -2.46. The van der Waals surface area contributed by atoms with Crippen LogP contribution in [0.1, 0.15) is 68.8 Å². The maximum atomic E-state index is 13.0. The molecular formula is C27H30O3S. The molecule has 0 aliphatic heterocycles. The van der Waals surface area contributed by atoms with Crippen molar-refractivity contribution in [1.29, 1.82) is 0 Å². The molecular weight excluding hydrogens is 404 g/mol. The highest BCUT2D eigenvalue weighted by molar-refractivity contribution is 7.99. The van der Waals surface area contributed by atoms with Gasteiger partial charge in [-0.2, -0.15) is 0 Å². The molecule has 31 heavy (non-hydrogen) atoms. The summed E-state index contributed by atoms with van der Waals surface area (Å²) in [6, 6.07) is 20.2. The van der Waals surface area contributed by atoms with Gasteiger partial charge in [0.2, 0.25) is 0 Å². The predicted molar refractivity (Wildman–Crippen MR) is 126 cm³/mol. The maximum Gasteiger partial charge on any atom is 0.353 e. The normalized spacial score (nSPS) is 15.5. The molecule has 0 amide bonds. The van der Waals surface area contributed by atoms with Crippen molar-refractivity contribution in [2.24, 2.45) is 0 Å². The highest BCUT2D eigenvalue weighted by Crippen LogP contribution is 2.46. The zero-order valence-corrected chi connectivity index (χ0v) is 19.1. The third-order valence-electron chi connectivity index (χ3n) is 6.46. The molecule has 4 heteroatoms. The number of hydrogen-bond acceptors (Lipinski definition) is 4. The Balaban J connectivity index is 1.63. The highest BCUT2D eigenvalue weighted by atomic mass is 32.2. The molecule has 162 valence electrons. The molecule has 4 rings (SSSR count). The Morgan fingerprint density at radius 1 is 1.03 bits per heavy atom. The van der Waals surface area contributed by atoms with Crippen molar-refractivity contribution in [2.45, 2.75) is 73.5 Å². The fourth-order valence-electron chi connectivity index (χ4n) is 4.69. The van der Waals surface area contributed by atoms with E-state index in [1.54, 1.807) is 6.07 Å². The minimum atomic E-state index is -0.440. The fraction of sp³-hybridized carbons (Fsp3) is 0.370. The van der Waals surface area contributed by atoms with Crippen molar-refractivity contribution >= 4 is 11.8 Å². The molecule has 1 aromatic heterocycles. The Kier molecular flexibility index (Phi) is 6.57. The molecule has 0 bridgehead atoms. The summed E-state index contributed by atoms with van der Waals surface area (Å²) in [7, 11) is 0. The van der Waals surface area contributed by atoms with Crippen molar-refractivity contribution in [2.75, 3.05) is 0 Å². The monoisotopic (exact) mass is 434 g/mol. The van der Waals surface area contributed by atoms with Crippen molar-refractivity contribution < 1.29 is 9.52 Å². The summed E-state index contributed by atoms with van der Waals surface area (Å²) in [4.78, 5) is 14.2. The zero-order chi connectivity index (χ0) is 21.8. The molecule has 1 fully saturated rings. The molecule has 0 radical (unpaired) electrons. The van der Waals surface area contributed by atoms with Crippen LogP contribution in [0.3, 0.4) is 0 Å². The summed E-state index contributed by atoms with van der Waals surface area (Å²) < 4.78 is 5.90. The molecule has 1 aliphatic carbocycles. The van der Waals surface area contributed by atoms with Gasteiger partial charge in [0, 0.05) is 16.4 Å². The summed E-state index contributed by atoms with van der Waals surface area (Å²) >= 11 is 1.30. The molecule has 1 saturated carbocycles. The molecule has 0 unspecified atom stereocenters. The predicted octanol–water partition coefficient (Wildman–Crippen LogP) is 7.06. The summed E-state index contributed by atoms with van der Waals surface area (Å²) in [6.45, 7) is 4.25. The van der Waals surface area contributed by atoms with Crippen molar-refractivity contribution in [1.82, 2.24) is 0 Å². The fourth-order valence-corrected chi connectivity index (χ4v) is 5.76. The van der Waals surface area contributed by atoms with E-state index in [-0.39, 0.29) is 16.1 Å². The first-order valence-corrected chi connectivity index (χ1v) is 12.0. The highest BCUT2D eigenvalue weighted by Gasteiger charge is 2.38. The van der Waals surface area contributed by atoms with E-state index in [1.165, 1.54) is 17.3 Å². The second-order valence-corrected chi connectivity index (χ2v) is 9.93. The minimum absolute atomic E-state index is 0.0285. The number of benzene rings is 2. The number of hydrogen-bond donors (Lipinski definition) is 1. The molecule has 0 saturated heterocycles. The van der Waals surface area contributed by atoms with Gasteiger partial charge in [0.05, 0.1) is 0 Å². The molecule has 3 nitrogen and oxygen atoms in total. The summed E-state index contributed by atoms with van der Waals surface area (Å²) in [5.41, 5.74) is 1.83. The molecule has 0 atom stereocenters. The summed E-state index contributed by atoms with van der Waals surface area (Å²) in [5.74, 6) is 1.00. The van der Waals surface area contributed by atoms with E-state index in [2.05, 4.69) is 44.2 Å². The maximum absolute atomic E-state index is 13.0. The molecule has 0 spiro atoms. The number of rotatable bonds is 7. The first-order valence-electron chi connectivity index (χ1n) is 11.2. The Bertz CT molecular complexity index is 1080. The lowest BCUT2D eigenvalue weighted by Crippen LogP contribution is -2.25. The van der Waals surface area contributed by atoms with E-state index < -0.39 is 5.63 Å². The smallest absolute Gasteiger partial charge is 0.353 e. The molecule has 2 aromatic carbocycles. The second kappa shape index (κ2) is 9.35. The van der Waals surface area contributed by atoms with Gasteiger partial charge in [0.15, 0.2) is 0 Å². The van der Waals surface area contributed by atoms with Gasteiger partial charge in [-0.15, -0.1) is 0 Å². The first-order chi connectivity index (χ1) is 15.0. The Morgan fingerprint density at radius 2 is 1.71 bits per heavy atom. The Morgan fingerprint density at radius 3 is 2.39 bits per heavy atom. The Labute approximate surface area is 188 Å². The van der Waals surface area contributed by atoms with Crippen LogP contribution < -0.4 is 5.63 Å². The van der Waals surface area contributed by atoms with Crippen LogP contribution in [0, 0.1) is 0 Å². The van der Waals surface area contributed by atoms with Gasteiger partial charge < -0.3 is 9.52 Å². The SMILES string of the molecule is CC(C)c1ccccc1Sc1c(O)cc(C2(CCc3ccccc3)CCCC2)oc1=O. The van der Waals surface area contributed by atoms with Crippen LogP contribution in [0.5, 0.6) is 5.75 Å². The lowest BCUT2D eigenvalue weighted by atomic mass is 9.78. The van der Waals surface area contributed by atoms with Crippen molar-refractivity contribution in [3.8, 4) is 5.75 Å². The van der Waals surface area contributed by atoms with E-state index >= 15 is 0 Å². The van der Waals surface area contributed by atoms with E-state index in [0.717, 1.165) is 49.0 Å². The van der Waals surface area contributed by atoms with Gasteiger partial charge >= 0.3 is 5.63 Å². The largest absolute Gasteiger partial charge is 0.506 e. The zero-order valence-electron chi connectivity index (χ0n) is 18.3. The standard InChI is InChI=1S/C27H30O3S/c1-19(2)21-12-6-7-13-23(21)31-25-22(28)18-24(30-26(25)29)27(15-8-9-16-27)17-14-20-10-4-3-5-11-20/h3-7,10-13,18-19,28H,8-9,14-17H2,1-2H3. The molecule has 1 N–H and O–H groups in total. The lowest BCUT2D eigenvalue weighted by Gasteiger charge is -2.28. The molecule has 1 heterocycles. The van der Waals surface area contributed by atoms with Gasteiger partial charge in [-0.3, -0.25) is 0 Å². The minimum Gasteiger partial charge on any atom is -0.506 e. The van der Waals surface area contributed by atoms with Gasteiger partial charge in [-0.05, 0) is 48.8 Å². The average Bonchev–Trinajstić information content (AvgIpc) is 3.26. The first kappa shape index (κ1) is 21.8. The van der Waals surface area contributed by atoms with Crippen LogP contribution >= 0.6 is 11.8 Å². The molecule has 3 aromatic rings. The van der Waals surface area contributed by atoms with Gasteiger partial charge in [-0.25, -0.2) is 4.79 Å². The molecule has 1 aliphatic rings. The van der Waals surface area contributed by atoms with E-state index in [1.807, 2.05) is 24.3 Å². The van der Waals surface area contributed by atoms with Gasteiger partial charge in [0.25, 0.3) is 0 Å². The van der Waals surface area contributed by atoms with Crippen LogP contribution in [0.15, 0.2) is 79.7 Å². The van der Waals surface area contributed by atoms with E-state index in [4.69, 9.17) is 4.42 Å². The average molecular weight is 435 g/mol. The van der Waals surface area contributed by atoms with Crippen molar-refractivity contribution in [3.05, 3.63) is 88.0 Å². The third kappa shape index (κ3) is 4.74. The van der Waals surface area contributed by atoms with E-state index in [0.29, 0.717) is 11.7 Å². The third-order valence-corrected chi connectivity index (χ3v) is 7.63. The van der Waals surface area contributed by atoms with Crippen molar-refractivity contribution in [3.63, 3.8) is 0 Å². The lowest BCUT2D eigenvalue weighted by molar-refractivity contribution is 0.290. The van der Waals surface area contributed by atoms with Crippen LogP contribution in [-0.4, -0.2) is 5.11 Å². The topological polar surface area (TPSA) is 50.4 Å². The number of aryl methyl sites for hydroxylation is 1. The van der Waals surface area contributed by atoms with Gasteiger partial charge in [-0.1, -0.05) is 87.0 Å².